The number of carbonyl (C=O) groups is 2. The topological polar surface area (TPSA) is 101 Å². The molecule has 0 aliphatic rings. The minimum atomic E-state index is -0.474. The van der Waals surface area contributed by atoms with E-state index < -0.39 is 10.2 Å². The average molecular weight is 339 g/mol. The van der Waals surface area contributed by atoms with E-state index in [1.165, 1.54) is 23.9 Å². The van der Waals surface area contributed by atoms with Crippen LogP contribution in [0.5, 0.6) is 0 Å². The SMILES string of the molecule is C[C@H](Sc1ccc([N+](=O)[O-])cc1)C(=O)NCC(=O)NC(C)(C)C. The van der Waals surface area contributed by atoms with Crippen LogP contribution in [-0.4, -0.2) is 34.1 Å². The zero-order valence-corrected chi connectivity index (χ0v) is 14.4. The molecule has 1 rings (SSSR count). The summed E-state index contributed by atoms with van der Waals surface area (Å²) in [4.78, 5) is 34.5. The number of nitrogens with one attached hydrogen (secondary N) is 2. The molecule has 0 unspecified atom stereocenters. The number of non-ortho nitro benzene ring substituents is 1. The van der Waals surface area contributed by atoms with E-state index in [4.69, 9.17) is 0 Å². The summed E-state index contributed by atoms with van der Waals surface area (Å²) < 4.78 is 0. The van der Waals surface area contributed by atoms with Gasteiger partial charge >= 0.3 is 0 Å². The summed E-state index contributed by atoms with van der Waals surface area (Å²) in [5, 5.41) is 15.5. The molecule has 0 aliphatic carbocycles. The van der Waals surface area contributed by atoms with E-state index in [1.807, 2.05) is 20.8 Å². The number of carbonyl (C=O) groups excluding carboxylic acids is 2. The molecule has 0 heterocycles. The summed E-state index contributed by atoms with van der Waals surface area (Å²) in [5.41, 5.74) is -0.341. The van der Waals surface area contributed by atoms with Gasteiger partial charge < -0.3 is 10.6 Å². The lowest BCUT2D eigenvalue weighted by molar-refractivity contribution is -0.384. The molecule has 8 heteroatoms. The van der Waals surface area contributed by atoms with Crippen molar-refractivity contribution < 1.29 is 14.5 Å². The predicted octanol–water partition coefficient (Wildman–Crippen LogP) is 2.11. The van der Waals surface area contributed by atoms with Gasteiger partial charge in [-0.15, -0.1) is 11.8 Å². The van der Waals surface area contributed by atoms with Crippen molar-refractivity contribution in [2.45, 2.75) is 43.4 Å². The summed E-state index contributed by atoms with van der Waals surface area (Å²) in [7, 11) is 0. The molecule has 1 atom stereocenters. The first-order valence-corrected chi connectivity index (χ1v) is 7.96. The van der Waals surface area contributed by atoms with Crippen molar-refractivity contribution >= 4 is 29.3 Å². The fourth-order valence-electron chi connectivity index (χ4n) is 1.68. The van der Waals surface area contributed by atoms with Gasteiger partial charge in [0.2, 0.25) is 11.8 Å². The first kappa shape index (κ1) is 19.0. The molecule has 0 saturated carbocycles. The van der Waals surface area contributed by atoms with Crippen LogP contribution in [-0.2, 0) is 9.59 Å². The molecule has 0 aromatic heterocycles. The second kappa shape index (κ2) is 7.96. The molecule has 1 aromatic rings. The van der Waals surface area contributed by atoms with Gasteiger partial charge in [-0.25, -0.2) is 0 Å². The van der Waals surface area contributed by atoms with Crippen LogP contribution in [0.1, 0.15) is 27.7 Å². The zero-order chi connectivity index (χ0) is 17.6. The monoisotopic (exact) mass is 339 g/mol. The van der Waals surface area contributed by atoms with Crippen LogP contribution >= 0.6 is 11.8 Å². The van der Waals surface area contributed by atoms with E-state index in [9.17, 15) is 19.7 Å². The number of rotatable bonds is 6. The van der Waals surface area contributed by atoms with Crippen LogP contribution in [0.2, 0.25) is 0 Å². The van der Waals surface area contributed by atoms with Crippen LogP contribution in [0, 0.1) is 10.1 Å². The molecule has 2 N–H and O–H groups in total. The highest BCUT2D eigenvalue weighted by atomic mass is 32.2. The number of hydrogen-bond donors (Lipinski definition) is 2. The van der Waals surface area contributed by atoms with Crippen LogP contribution in [0.3, 0.4) is 0 Å². The number of amides is 2. The number of hydrogen-bond acceptors (Lipinski definition) is 5. The van der Waals surface area contributed by atoms with Crippen molar-refractivity contribution in [3.63, 3.8) is 0 Å². The maximum absolute atomic E-state index is 12.0. The van der Waals surface area contributed by atoms with Crippen LogP contribution in [0.15, 0.2) is 29.2 Å². The summed E-state index contributed by atoms with van der Waals surface area (Å²) in [6.45, 7) is 7.21. The van der Waals surface area contributed by atoms with Crippen molar-refractivity contribution in [2.24, 2.45) is 0 Å². The van der Waals surface area contributed by atoms with E-state index in [0.29, 0.717) is 0 Å². The van der Waals surface area contributed by atoms with Gasteiger partial charge in [0.05, 0.1) is 16.7 Å². The molecule has 0 radical (unpaired) electrons. The van der Waals surface area contributed by atoms with Crippen LogP contribution in [0.25, 0.3) is 0 Å². The highest BCUT2D eigenvalue weighted by Crippen LogP contribution is 2.25. The number of nitro groups is 1. The quantitative estimate of drug-likeness (QED) is 0.469. The minimum Gasteiger partial charge on any atom is -0.350 e. The Morgan fingerprint density at radius 3 is 2.30 bits per heavy atom. The Bertz CT molecular complexity index is 581. The molecule has 2 amide bonds. The summed E-state index contributed by atoms with van der Waals surface area (Å²) >= 11 is 1.27. The standard InChI is InChI=1S/C15H21N3O4S/c1-10(14(20)16-9-13(19)17-15(2,3)4)23-12-7-5-11(6-8-12)18(21)22/h5-8,10H,9H2,1-4H3,(H,16,20)(H,17,19)/t10-/m0/s1. The lowest BCUT2D eigenvalue weighted by Gasteiger charge is -2.21. The third-order valence-electron chi connectivity index (χ3n) is 2.67. The van der Waals surface area contributed by atoms with Crippen molar-refractivity contribution in [3.8, 4) is 0 Å². The highest BCUT2D eigenvalue weighted by molar-refractivity contribution is 8.00. The molecular formula is C15H21N3O4S. The zero-order valence-electron chi connectivity index (χ0n) is 13.6. The minimum absolute atomic E-state index is 0.00491. The van der Waals surface area contributed by atoms with E-state index in [2.05, 4.69) is 10.6 Å². The fourth-order valence-corrected chi connectivity index (χ4v) is 2.57. The Morgan fingerprint density at radius 2 is 1.83 bits per heavy atom. The average Bonchev–Trinajstić information content (AvgIpc) is 2.43. The van der Waals surface area contributed by atoms with E-state index in [0.717, 1.165) is 4.90 Å². The lowest BCUT2D eigenvalue weighted by atomic mass is 10.1. The van der Waals surface area contributed by atoms with Crippen molar-refractivity contribution in [1.82, 2.24) is 10.6 Å². The molecule has 23 heavy (non-hydrogen) atoms. The van der Waals surface area contributed by atoms with Crippen molar-refractivity contribution in [3.05, 3.63) is 34.4 Å². The molecule has 0 saturated heterocycles. The number of nitrogens with zero attached hydrogens (tertiary/aromatic N) is 1. The van der Waals surface area contributed by atoms with Gasteiger partial charge in [-0.2, -0.15) is 0 Å². The summed E-state index contributed by atoms with van der Waals surface area (Å²) in [6.07, 6.45) is 0. The number of nitro benzene ring substituents is 1. The first-order chi connectivity index (χ1) is 10.6. The largest absolute Gasteiger partial charge is 0.350 e. The predicted molar refractivity (Wildman–Crippen MR) is 89.3 cm³/mol. The highest BCUT2D eigenvalue weighted by Gasteiger charge is 2.18. The molecular weight excluding hydrogens is 318 g/mol. The Kier molecular flexibility index (Phi) is 6.56. The van der Waals surface area contributed by atoms with Crippen LogP contribution < -0.4 is 10.6 Å². The smallest absolute Gasteiger partial charge is 0.269 e. The second-order valence-electron chi connectivity index (χ2n) is 6.03. The molecule has 1 aromatic carbocycles. The van der Waals surface area contributed by atoms with Gasteiger partial charge in [0.25, 0.3) is 5.69 Å². The molecule has 0 spiro atoms. The number of benzene rings is 1. The summed E-state index contributed by atoms with van der Waals surface area (Å²) in [6, 6.07) is 5.98. The van der Waals surface area contributed by atoms with Gasteiger partial charge in [0, 0.05) is 22.6 Å². The second-order valence-corrected chi connectivity index (χ2v) is 7.44. The van der Waals surface area contributed by atoms with Crippen LogP contribution in [0.4, 0.5) is 5.69 Å². The van der Waals surface area contributed by atoms with Gasteiger partial charge in [-0.3, -0.25) is 19.7 Å². The van der Waals surface area contributed by atoms with Crippen molar-refractivity contribution in [1.29, 1.82) is 0 Å². The maximum atomic E-state index is 12.0. The Hall–Kier alpha value is -2.09. The maximum Gasteiger partial charge on any atom is 0.269 e. The van der Waals surface area contributed by atoms with E-state index >= 15 is 0 Å². The Morgan fingerprint density at radius 1 is 1.26 bits per heavy atom. The van der Waals surface area contributed by atoms with Gasteiger partial charge in [0.1, 0.15) is 0 Å². The fraction of sp³-hybridized carbons (Fsp3) is 0.467. The molecule has 0 aliphatic heterocycles. The number of thioether (sulfide) groups is 1. The first-order valence-electron chi connectivity index (χ1n) is 7.08. The lowest BCUT2D eigenvalue weighted by Crippen LogP contribution is -2.46. The Balaban J connectivity index is 2.47. The van der Waals surface area contributed by atoms with Gasteiger partial charge in [0.15, 0.2) is 0 Å². The third kappa shape index (κ3) is 7.14. The van der Waals surface area contributed by atoms with E-state index in [-0.39, 0.29) is 29.6 Å². The molecule has 0 fully saturated rings. The van der Waals surface area contributed by atoms with Gasteiger partial charge in [-0.05, 0) is 39.8 Å². The van der Waals surface area contributed by atoms with Gasteiger partial charge in [-0.1, -0.05) is 0 Å². The van der Waals surface area contributed by atoms with Crippen molar-refractivity contribution in [2.75, 3.05) is 6.54 Å². The molecule has 7 nitrogen and oxygen atoms in total. The third-order valence-corrected chi connectivity index (χ3v) is 3.78. The Labute approximate surface area is 139 Å². The normalized spacial score (nSPS) is 12.3. The molecule has 126 valence electrons. The van der Waals surface area contributed by atoms with E-state index in [1.54, 1.807) is 19.1 Å². The summed E-state index contributed by atoms with van der Waals surface area (Å²) in [5.74, 6) is -0.518. The molecule has 0 bridgehead atoms.